The Bertz CT molecular complexity index is 1180. The topological polar surface area (TPSA) is 180 Å². The average Bonchev–Trinajstić information content (AvgIpc) is 2.96. The third-order valence-electron chi connectivity index (χ3n) is 14.8. The van der Waals surface area contributed by atoms with E-state index in [1.54, 1.807) is 0 Å². The highest BCUT2D eigenvalue weighted by atomic mass is 16.7. The summed E-state index contributed by atoms with van der Waals surface area (Å²) in [7, 11) is 0. The number of aliphatic hydroxyl groups is 8. The van der Waals surface area contributed by atoms with Crippen LogP contribution < -0.4 is 0 Å². The number of allylic oxidation sites excluding steroid dienone is 1. The molecule has 1 aliphatic heterocycles. The summed E-state index contributed by atoms with van der Waals surface area (Å²) in [6.45, 7) is 12.4. The van der Waals surface area contributed by atoms with Gasteiger partial charge < -0.3 is 50.3 Å². The van der Waals surface area contributed by atoms with Crippen molar-refractivity contribution in [2.45, 2.75) is 148 Å². The number of hydrogen-bond donors (Lipinski definition) is 8. The third-order valence-corrected chi connectivity index (χ3v) is 14.8. The molecule has 5 aliphatic carbocycles. The van der Waals surface area contributed by atoms with Crippen molar-refractivity contribution in [1.29, 1.82) is 0 Å². The van der Waals surface area contributed by atoms with E-state index in [9.17, 15) is 40.9 Å². The first-order valence-corrected chi connectivity index (χ1v) is 17.2. The van der Waals surface area contributed by atoms with E-state index < -0.39 is 72.1 Å². The van der Waals surface area contributed by atoms with Crippen molar-refractivity contribution in [1.82, 2.24) is 0 Å². The number of fused-ring (bicyclic) bond motifs is 7. The van der Waals surface area contributed by atoms with Gasteiger partial charge in [0.25, 0.3) is 0 Å². The molecule has 6 rings (SSSR count). The van der Waals surface area contributed by atoms with E-state index in [1.807, 2.05) is 6.92 Å². The Morgan fingerprint density at radius 1 is 0.844 bits per heavy atom. The van der Waals surface area contributed by atoms with Gasteiger partial charge in [0.2, 0.25) is 0 Å². The minimum Gasteiger partial charge on any atom is -0.396 e. The van der Waals surface area contributed by atoms with E-state index in [4.69, 9.17) is 9.47 Å². The largest absolute Gasteiger partial charge is 0.396 e. The first-order valence-electron chi connectivity index (χ1n) is 17.2. The van der Waals surface area contributed by atoms with Crippen LogP contribution in [0.4, 0.5) is 0 Å². The lowest BCUT2D eigenvalue weighted by Crippen LogP contribution is -2.70. The Kier molecular flexibility index (Phi) is 8.30. The number of aliphatic hydroxyl groups excluding tert-OH is 7. The van der Waals surface area contributed by atoms with E-state index in [0.717, 1.165) is 32.1 Å². The van der Waals surface area contributed by atoms with Gasteiger partial charge in [0, 0.05) is 11.3 Å². The molecule has 0 aromatic heterocycles. The van der Waals surface area contributed by atoms with Gasteiger partial charge in [-0.15, -0.1) is 0 Å². The van der Waals surface area contributed by atoms with Gasteiger partial charge in [-0.3, -0.25) is 0 Å². The molecule has 0 aromatic carbocycles. The van der Waals surface area contributed by atoms with Crippen LogP contribution in [-0.2, 0) is 9.47 Å². The zero-order chi connectivity index (χ0) is 33.1. The summed E-state index contributed by atoms with van der Waals surface area (Å²) in [6.07, 6.45) is -2.18. The van der Waals surface area contributed by atoms with Gasteiger partial charge in [-0.1, -0.05) is 53.2 Å². The summed E-state index contributed by atoms with van der Waals surface area (Å²) in [5.74, 6) is -0.0422. The molecule has 10 nitrogen and oxygen atoms in total. The number of ether oxygens (including phenoxy) is 2. The van der Waals surface area contributed by atoms with Crippen LogP contribution in [0.5, 0.6) is 0 Å². The van der Waals surface area contributed by atoms with Gasteiger partial charge >= 0.3 is 0 Å². The van der Waals surface area contributed by atoms with E-state index in [2.05, 4.69) is 40.7 Å². The molecular weight excluding hydrogens is 580 g/mol. The molecule has 16 atom stereocenters. The molecule has 6 aliphatic rings. The van der Waals surface area contributed by atoms with Crippen LogP contribution in [0.1, 0.15) is 92.9 Å². The summed E-state index contributed by atoms with van der Waals surface area (Å²) in [5, 5.41) is 87.4. The zero-order valence-corrected chi connectivity index (χ0v) is 27.9. The van der Waals surface area contributed by atoms with Crippen molar-refractivity contribution < 1.29 is 50.3 Å². The average molecular weight is 639 g/mol. The molecule has 5 fully saturated rings. The second-order valence-electron chi connectivity index (χ2n) is 17.6. The van der Waals surface area contributed by atoms with Crippen molar-refractivity contribution >= 4 is 0 Å². The quantitative estimate of drug-likeness (QED) is 0.167. The number of hydrogen-bond acceptors (Lipinski definition) is 10. The molecule has 45 heavy (non-hydrogen) atoms. The van der Waals surface area contributed by atoms with Gasteiger partial charge in [0.05, 0.1) is 37.1 Å². The smallest absolute Gasteiger partial charge is 0.187 e. The van der Waals surface area contributed by atoms with E-state index in [1.165, 1.54) is 5.57 Å². The zero-order valence-electron chi connectivity index (χ0n) is 27.9. The van der Waals surface area contributed by atoms with Crippen molar-refractivity contribution in [3.05, 3.63) is 11.6 Å². The van der Waals surface area contributed by atoms with Gasteiger partial charge in [-0.05, 0) is 84.9 Å². The van der Waals surface area contributed by atoms with Crippen LogP contribution in [-0.4, -0.2) is 109 Å². The first-order chi connectivity index (χ1) is 20.8. The fraction of sp³-hybridized carbons (Fsp3) is 0.943. The standard InChI is InChI=1S/C35H58O10/c1-30(2)11-12-35(43)19(13-30)18-7-8-23-31(3)14-20(38)28(45-29-27(42)26(41)25(40)21(16-36)44-29)32(4,17-37)22(31)9-10-33(23,5)34(18,6)15-24(35)39/h7,19-29,36-43H,8-17H2,1-6H3/t19-,20+,21-,22+,23-,24+,25-,26+,27-,28+,29+,31+,32+,33-,34-,35-/m1/s1. The Hall–Kier alpha value is -0.660. The molecule has 0 radical (unpaired) electrons. The monoisotopic (exact) mass is 638 g/mol. The van der Waals surface area contributed by atoms with Crippen LogP contribution >= 0.6 is 0 Å². The summed E-state index contributed by atoms with van der Waals surface area (Å²) in [4.78, 5) is 0. The third kappa shape index (κ3) is 4.64. The first kappa shape index (κ1) is 34.2. The van der Waals surface area contributed by atoms with Crippen LogP contribution in [0, 0.1) is 44.8 Å². The van der Waals surface area contributed by atoms with E-state index in [0.29, 0.717) is 19.3 Å². The highest BCUT2D eigenvalue weighted by Crippen LogP contribution is 2.75. The van der Waals surface area contributed by atoms with Crippen molar-refractivity contribution in [2.75, 3.05) is 13.2 Å². The molecule has 4 saturated carbocycles. The predicted molar refractivity (Wildman–Crippen MR) is 164 cm³/mol. The highest BCUT2D eigenvalue weighted by Gasteiger charge is 2.71. The highest BCUT2D eigenvalue weighted by molar-refractivity contribution is 5.35. The molecule has 0 bridgehead atoms. The minimum absolute atomic E-state index is 0.0658. The van der Waals surface area contributed by atoms with Crippen molar-refractivity contribution in [2.24, 2.45) is 44.8 Å². The number of rotatable bonds is 4. The van der Waals surface area contributed by atoms with Gasteiger partial charge in [0.15, 0.2) is 6.29 Å². The lowest BCUT2D eigenvalue weighted by Gasteiger charge is -2.72. The van der Waals surface area contributed by atoms with Crippen LogP contribution in [0.25, 0.3) is 0 Å². The van der Waals surface area contributed by atoms with E-state index in [-0.39, 0.29) is 40.6 Å². The second-order valence-corrected chi connectivity index (χ2v) is 17.6. The fourth-order valence-corrected chi connectivity index (χ4v) is 12.0. The molecule has 1 heterocycles. The SMILES string of the molecule is CC1(C)CC[C@@]2(O)[C@H](C1)C1=CC[C@@H]3[C@@]4(C)C[C@H](O)[C@H](O[C@@H]5O[C@H](CO)[C@@H](O)[C@H](O)[C@H]5O)[C@@](C)(CO)[C@H]4CC[C@@]3(C)[C@]1(C)C[C@@H]2O. The molecule has 258 valence electrons. The Morgan fingerprint density at radius 2 is 1.53 bits per heavy atom. The van der Waals surface area contributed by atoms with Crippen LogP contribution in [0.2, 0.25) is 0 Å². The second kappa shape index (κ2) is 10.9. The molecular formula is C35H58O10. The molecule has 10 heteroatoms. The Balaban J connectivity index is 1.34. The van der Waals surface area contributed by atoms with Crippen molar-refractivity contribution in [3.63, 3.8) is 0 Å². The molecule has 1 saturated heterocycles. The fourth-order valence-electron chi connectivity index (χ4n) is 12.0. The van der Waals surface area contributed by atoms with Crippen LogP contribution in [0.3, 0.4) is 0 Å². The molecule has 0 spiro atoms. The molecule has 0 unspecified atom stereocenters. The lowest BCUT2D eigenvalue weighted by molar-refractivity contribution is -0.345. The maximum atomic E-state index is 11.9. The maximum Gasteiger partial charge on any atom is 0.187 e. The molecule has 0 aromatic rings. The van der Waals surface area contributed by atoms with Gasteiger partial charge in [-0.25, -0.2) is 0 Å². The Labute approximate surface area is 267 Å². The normalized spacial score (nSPS) is 57.6. The molecule has 0 amide bonds. The summed E-state index contributed by atoms with van der Waals surface area (Å²) >= 11 is 0. The van der Waals surface area contributed by atoms with Gasteiger partial charge in [0.1, 0.15) is 24.4 Å². The summed E-state index contributed by atoms with van der Waals surface area (Å²) < 4.78 is 11.9. The van der Waals surface area contributed by atoms with E-state index >= 15 is 0 Å². The van der Waals surface area contributed by atoms with Crippen LogP contribution in [0.15, 0.2) is 11.6 Å². The lowest BCUT2D eigenvalue weighted by atomic mass is 9.34. The molecule has 8 N–H and O–H groups in total. The van der Waals surface area contributed by atoms with Gasteiger partial charge in [-0.2, -0.15) is 0 Å². The summed E-state index contributed by atoms with van der Waals surface area (Å²) in [6, 6.07) is 0. The Morgan fingerprint density at radius 3 is 2.18 bits per heavy atom. The summed E-state index contributed by atoms with van der Waals surface area (Å²) in [5.41, 5.74) is -1.68. The predicted octanol–water partition coefficient (Wildman–Crippen LogP) is 1.63. The minimum atomic E-state index is -1.61. The maximum absolute atomic E-state index is 11.9. The van der Waals surface area contributed by atoms with Crippen molar-refractivity contribution in [3.8, 4) is 0 Å².